The predicted molar refractivity (Wildman–Crippen MR) is 108 cm³/mol. The zero-order valence-electron chi connectivity index (χ0n) is 16.3. The molecular weight excluding hydrogens is 391 g/mol. The van der Waals surface area contributed by atoms with E-state index in [1.807, 2.05) is 0 Å². The minimum atomic E-state index is -0.593. The number of carbonyl (C=O) groups is 3. The lowest BCUT2D eigenvalue weighted by Crippen LogP contribution is -2.20. The summed E-state index contributed by atoms with van der Waals surface area (Å²) in [6.07, 6.45) is 1.57. The molecule has 2 aromatic carbocycles. The van der Waals surface area contributed by atoms with Crippen LogP contribution in [0.4, 0.5) is 10.1 Å². The topological polar surface area (TPSA) is 93.7 Å². The van der Waals surface area contributed by atoms with Crippen molar-refractivity contribution >= 4 is 29.5 Å². The summed E-state index contributed by atoms with van der Waals surface area (Å²) < 4.78 is 23.1. The standard InChI is InChI=1S/C22H19FN2O5/c1-13-20(22(28)29-2)18(21(27)24-13)11-14-3-9-17(10-4-14)30-12-19(26)25-16-7-5-15(23)6-8-16/h3-11H,12H2,1-2H3,(H,24,27)(H,25,26)/b18-11-. The number of methoxy groups -OCH3 is 1. The maximum Gasteiger partial charge on any atom is 0.340 e. The fourth-order valence-corrected chi connectivity index (χ4v) is 2.82. The Morgan fingerprint density at radius 2 is 1.77 bits per heavy atom. The van der Waals surface area contributed by atoms with E-state index in [1.165, 1.54) is 31.4 Å². The Hall–Kier alpha value is -3.94. The van der Waals surface area contributed by atoms with Gasteiger partial charge in [0.1, 0.15) is 11.6 Å². The van der Waals surface area contributed by atoms with Gasteiger partial charge in [0.2, 0.25) is 0 Å². The molecule has 2 aromatic rings. The number of anilines is 1. The van der Waals surface area contributed by atoms with Crippen molar-refractivity contribution in [3.63, 3.8) is 0 Å². The van der Waals surface area contributed by atoms with E-state index in [0.717, 1.165) is 0 Å². The second-order valence-electron chi connectivity index (χ2n) is 6.42. The monoisotopic (exact) mass is 410 g/mol. The molecule has 7 nitrogen and oxygen atoms in total. The number of amides is 2. The molecule has 0 aromatic heterocycles. The first-order valence-electron chi connectivity index (χ1n) is 8.98. The van der Waals surface area contributed by atoms with Gasteiger partial charge in [0, 0.05) is 11.4 Å². The summed E-state index contributed by atoms with van der Waals surface area (Å²) in [6, 6.07) is 12.1. The van der Waals surface area contributed by atoms with Crippen molar-refractivity contribution in [2.45, 2.75) is 6.92 Å². The van der Waals surface area contributed by atoms with E-state index in [1.54, 1.807) is 37.3 Å². The molecule has 0 unspecified atom stereocenters. The predicted octanol–water partition coefficient (Wildman–Crippen LogP) is 2.80. The Bertz CT molecular complexity index is 1040. The van der Waals surface area contributed by atoms with Crippen LogP contribution < -0.4 is 15.4 Å². The Morgan fingerprint density at radius 1 is 1.10 bits per heavy atom. The smallest absolute Gasteiger partial charge is 0.340 e. The summed E-state index contributed by atoms with van der Waals surface area (Å²) in [4.78, 5) is 36.0. The largest absolute Gasteiger partial charge is 0.484 e. The van der Waals surface area contributed by atoms with Crippen LogP contribution in [0.25, 0.3) is 6.08 Å². The first kappa shape index (κ1) is 20.8. The van der Waals surface area contributed by atoms with Gasteiger partial charge in [-0.15, -0.1) is 0 Å². The van der Waals surface area contributed by atoms with E-state index in [-0.39, 0.29) is 23.7 Å². The van der Waals surface area contributed by atoms with Crippen LogP contribution in [0.15, 0.2) is 65.4 Å². The number of ether oxygens (including phenoxy) is 2. The molecule has 1 aliphatic rings. The SMILES string of the molecule is COC(=O)C1=C(C)NC(=O)/C1=C\c1ccc(OCC(=O)Nc2ccc(F)cc2)cc1. The average molecular weight is 410 g/mol. The van der Waals surface area contributed by atoms with Crippen molar-refractivity contribution in [2.24, 2.45) is 0 Å². The number of esters is 1. The molecule has 0 atom stereocenters. The molecule has 1 aliphatic heterocycles. The molecule has 2 N–H and O–H groups in total. The number of hydrogen-bond donors (Lipinski definition) is 2. The zero-order chi connectivity index (χ0) is 21.7. The third-order valence-electron chi connectivity index (χ3n) is 4.27. The van der Waals surface area contributed by atoms with Crippen molar-refractivity contribution in [3.8, 4) is 5.75 Å². The van der Waals surface area contributed by atoms with Crippen LogP contribution >= 0.6 is 0 Å². The van der Waals surface area contributed by atoms with Gasteiger partial charge >= 0.3 is 5.97 Å². The molecule has 0 aliphatic carbocycles. The second kappa shape index (κ2) is 9.04. The van der Waals surface area contributed by atoms with Crippen molar-refractivity contribution in [1.29, 1.82) is 0 Å². The fourth-order valence-electron chi connectivity index (χ4n) is 2.82. The molecule has 8 heteroatoms. The molecule has 2 amide bonds. The normalized spacial score (nSPS) is 14.5. The van der Waals surface area contributed by atoms with Gasteiger partial charge < -0.3 is 20.1 Å². The first-order chi connectivity index (χ1) is 14.4. The zero-order valence-corrected chi connectivity index (χ0v) is 16.3. The van der Waals surface area contributed by atoms with Crippen molar-refractivity contribution < 1.29 is 28.2 Å². The molecule has 0 radical (unpaired) electrons. The Labute approximate surface area is 172 Å². The van der Waals surface area contributed by atoms with Crippen molar-refractivity contribution in [2.75, 3.05) is 19.0 Å². The van der Waals surface area contributed by atoms with Gasteiger partial charge in [0.15, 0.2) is 6.61 Å². The maximum absolute atomic E-state index is 12.9. The molecule has 0 bridgehead atoms. The van der Waals surface area contributed by atoms with Gasteiger partial charge in [-0.05, 0) is 55.0 Å². The highest BCUT2D eigenvalue weighted by molar-refractivity contribution is 6.16. The maximum atomic E-state index is 12.9. The highest BCUT2D eigenvalue weighted by Crippen LogP contribution is 2.25. The molecular formula is C22H19FN2O5. The van der Waals surface area contributed by atoms with E-state index < -0.39 is 17.7 Å². The number of benzene rings is 2. The third-order valence-corrected chi connectivity index (χ3v) is 4.27. The Balaban J connectivity index is 1.63. The van der Waals surface area contributed by atoms with Crippen LogP contribution in [0.2, 0.25) is 0 Å². The first-order valence-corrected chi connectivity index (χ1v) is 8.98. The number of allylic oxidation sites excluding steroid dienone is 1. The third kappa shape index (κ3) is 4.91. The van der Waals surface area contributed by atoms with Gasteiger partial charge in [-0.25, -0.2) is 9.18 Å². The summed E-state index contributed by atoms with van der Waals surface area (Å²) in [5.74, 6) is -1.31. The van der Waals surface area contributed by atoms with Crippen LogP contribution in [-0.4, -0.2) is 31.5 Å². The number of rotatable bonds is 6. The van der Waals surface area contributed by atoms with Gasteiger partial charge in [-0.3, -0.25) is 9.59 Å². The van der Waals surface area contributed by atoms with Gasteiger partial charge in [0.05, 0.1) is 18.3 Å². The summed E-state index contributed by atoms with van der Waals surface area (Å²) in [5, 5.41) is 5.20. The lowest BCUT2D eigenvalue weighted by Gasteiger charge is -2.08. The van der Waals surface area contributed by atoms with E-state index in [2.05, 4.69) is 10.6 Å². The molecule has 154 valence electrons. The molecule has 0 saturated carbocycles. The van der Waals surface area contributed by atoms with Crippen LogP contribution in [0.1, 0.15) is 12.5 Å². The van der Waals surface area contributed by atoms with Gasteiger partial charge in [0.25, 0.3) is 11.8 Å². The summed E-state index contributed by atoms with van der Waals surface area (Å²) in [6.45, 7) is 1.40. The summed E-state index contributed by atoms with van der Waals surface area (Å²) >= 11 is 0. The van der Waals surface area contributed by atoms with Crippen LogP contribution in [0.3, 0.4) is 0 Å². The summed E-state index contributed by atoms with van der Waals surface area (Å²) in [7, 11) is 1.25. The summed E-state index contributed by atoms with van der Waals surface area (Å²) in [5.41, 5.74) is 1.98. The molecule has 3 rings (SSSR count). The fraction of sp³-hybridized carbons (Fsp3) is 0.136. The van der Waals surface area contributed by atoms with Crippen molar-refractivity contribution in [1.82, 2.24) is 5.32 Å². The number of hydrogen-bond acceptors (Lipinski definition) is 5. The van der Waals surface area contributed by atoms with Gasteiger partial charge in [-0.1, -0.05) is 12.1 Å². The molecule has 0 fully saturated rings. The Morgan fingerprint density at radius 3 is 2.40 bits per heavy atom. The lowest BCUT2D eigenvalue weighted by molar-refractivity contribution is -0.136. The van der Waals surface area contributed by atoms with Crippen LogP contribution in [-0.2, 0) is 19.1 Å². The number of halogens is 1. The number of carbonyl (C=O) groups excluding carboxylic acids is 3. The quantitative estimate of drug-likeness (QED) is 0.564. The van der Waals surface area contributed by atoms with E-state index in [0.29, 0.717) is 22.7 Å². The minimum Gasteiger partial charge on any atom is -0.484 e. The minimum absolute atomic E-state index is 0.195. The van der Waals surface area contributed by atoms with Crippen LogP contribution in [0.5, 0.6) is 5.75 Å². The highest BCUT2D eigenvalue weighted by Gasteiger charge is 2.30. The van der Waals surface area contributed by atoms with Gasteiger partial charge in [-0.2, -0.15) is 0 Å². The molecule has 30 heavy (non-hydrogen) atoms. The molecule has 1 heterocycles. The Kier molecular flexibility index (Phi) is 6.26. The lowest BCUT2D eigenvalue weighted by atomic mass is 10.0. The van der Waals surface area contributed by atoms with E-state index >= 15 is 0 Å². The second-order valence-corrected chi connectivity index (χ2v) is 6.42. The van der Waals surface area contributed by atoms with E-state index in [4.69, 9.17) is 9.47 Å². The van der Waals surface area contributed by atoms with Crippen molar-refractivity contribution in [3.05, 3.63) is 76.8 Å². The molecule has 0 saturated heterocycles. The van der Waals surface area contributed by atoms with Crippen LogP contribution in [0, 0.1) is 5.82 Å². The number of nitrogens with one attached hydrogen (secondary N) is 2. The average Bonchev–Trinajstić information content (AvgIpc) is 3.01. The molecule has 0 spiro atoms. The highest BCUT2D eigenvalue weighted by atomic mass is 19.1. The van der Waals surface area contributed by atoms with E-state index in [9.17, 15) is 18.8 Å².